The van der Waals surface area contributed by atoms with Crippen molar-refractivity contribution in [3.63, 3.8) is 0 Å². The Morgan fingerprint density at radius 2 is 1.75 bits per heavy atom. The molecule has 0 aliphatic heterocycles. The number of anilines is 2. The number of hydrogen-bond acceptors (Lipinski definition) is 4. The van der Waals surface area contributed by atoms with Crippen molar-refractivity contribution in [3.05, 3.63) is 48.0 Å². The van der Waals surface area contributed by atoms with Crippen molar-refractivity contribution in [1.82, 2.24) is 0 Å². The van der Waals surface area contributed by atoms with Gasteiger partial charge in [0.2, 0.25) is 0 Å². The summed E-state index contributed by atoms with van der Waals surface area (Å²) >= 11 is 0. The second-order valence-electron chi connectivity index (χ2n) is 5.02. The van der Waals surface area contributed by atoms with E-state index in [2.05, 4.69) is 5.32 Å². The minimum Gasteiger partial charge on any atom is -0.508 e. The van der Waals surface area contributed by atoms with E-state index in [0.29, 0.717) is 0 Å². The molecule has 0 radical (unpaired) electrons. The maximum atomic E-state index is 9.91. The van der Waals surface area contributed by atoms with Gasteiger partial charge < -0.3 is 20.4 Å². The van der Waals surface area contributed by atoms with Gasteiger partial charge in [-0.3, -0.25) is 0 Å². The zero-order chi connectivity index (χ0) is 14.7. The maximum Gasteiger partial charge on any atom is 0.124 e. The fourth-order valence-electron chi connectivity index (χ4n) is 2.19. The van der Waals surface area contributed by atoms with E-state index in [1.807, 2.05) is 50.2 Å². The molecule has 2 rings (SSSR count). The highest BCUT2D eigenvalue weighted by Crippen LogP contribution is 2.32. The SMILES string of the molecule is CC(Nc1ccccc1N(C)C)c1ccc(O)cc1O. The Hall–Kier alpha value is -2.36. The lowest BCUT2D eigenvalue weighted by atomic mass is 10.1. The largest absolute Gasteiger partial charge is 0.508 e. The lowest BCUT2D eigenvalue weighted by Gasteiger charge is -2.22. The number of phenols is 2. The summed E-state index contributed by atoms with van der Waals surface area (Å²) in [4.78, 5) is 2.03. The molecule has 0 fully saturated rings. The van der Waals surface area contributed by atoms with Crippen LogP contribution < -0.4 is 10.2 Å². The van der Waals surface area contributed by atoms with E-state index >= 15 is 0 Å². The quantitative estimate of drug-likeness (QED) is 0.799. The number of aromatic hydroxyl groups is 2. The summed E-state index contributed by atoms with van der Waals surface area (Å²) in [6, 6.07) is 12.6. The average molecular weight is 272 g/mol. The fourth-order valence-corrected chi connectivity index (χ4v) is 2.19. The molecule has 3 N–H and O–H groups in total. The summed E-state index contributed by atoms with van der Waals surface area (Å²) in [5, 5.41) is 22.6. The zero-order valence-electron chi connectivity index (χ0n) is 12.0. The average Bonchev–Trinajstić information content (AvgIpc) is 2.38. The van der Waals surface area contributed by atoms with E-state index in [1.54, 1.807) is 12.1 Å². The zero-order valence-corrected chi connectivity index (χ0v) is 12.0. The highest BCUT2D eigenvalue weighted by Gasteiger charge is 2.13. The van der Waals surface area contributed by atoms with Crippen LogP contribution in [0.4, 0.5) is 11.4 Å². The van der Waals surface area contributed by atoms with Crippen molar-refractivity contribution in [2.75, 3.05) is 24.3 Å². The smallest absolute Gasteiger partial charge is 0.124 e. The van der Waals surface area contributed by atoms with Crippen molar-refractivity contribution < 1.29 is 10.2 Å². The van der Waals surface area contributed by atoms with E-state index in [0.717, 1.165) is 16.9 Å². The van der Waals surface area contributed by atoms with E-state index < -0.39 is 0 Å². The summed E-state index contributed by atoms with van der Waals surface area (Å²) in [7, 11) is 3.98. The van der Waals surface area contributed by atoms with Gasteiger partial charge >= 0.3 is 0 Å². The molecule has 1 unspecified atom stereocenters. The molecule has 0 spiro atoms. The normalized spacial score (nSPS) is 11.9. The standard InChI is InChI=1S/C16H20N2O2/c1-11(13-9-8-12(19)10-16(13)20)17-14-6-4-5-7-15(14)18(2)3/h4-11,17,19-20H,1-3H3. The second kappa shape index (κ2) is 5.74. The Balaban J connectivity index is 2.26. The van der Waals surface area contributed by atoms with Gasteiger partial charge in [-0.25, -0.2) is 0 Å². The Morgan fingerprint density at radius 1 is 1.05 bits per heavy atom. The summed E-state index contributed by atoms with van der Waals surface area (Å²) in [5.74, 6) is 0.152. The predicted molar refractivity (Wildman–Crippen MR) is 82.6 cm³/mol. The van der Waals surface area contributed by atoms with E-state index in [9.17, 15) is 10.2 Å². The van der Waals surface area contributed by atoms with Crippen LogP contribution in [0.25, 0.3) is 0 Å². The summed E-state index contributed by atoms with van der Waals surface area (Å²) < 4.78 is 0. The van der Waals surface area contributed by atoms with Gasteiger partial charge in [0.05, 0.1) is 17.4 Å². The minimum absolute atomic E-state index is 0.0622. The van der Waals surface area contributed by atoms with Crippen molar-refractivity contribution in [1.29, 1.82) is 0 Å². The number of nitrogens with one attached hydrogen (secondary N) is 1. The van der Waals surface area contributed by atoms with Gasteiger partial charge in [-0.05, 0) is 31.2 Å². The first kappa shape index (κ1) is 14.1. The molecule has 20 heavy (non-hydrogen) atoms. The molecule has 0 aliphatic carbocycles. The molecule has 2 aromatic rings. The lowest BCUT2D eigenvalue weighted by Crippen LogP contribution is -2.14. The van der Waals surface area contributed by atoms with Crippen molar-refractivity contribution >= 4 is 11.4 Å². The molecule has 0 amide bonds. The van der Waals surface area contributed by atoms with E-state index in [-0.39, 0.29) is 17.5 Å². The number of phenolic OH excluding ortho intramolecular Hbond substituents is 2. The highest BCUT2D eigenvalue weighted by atomic mass is 16.3. The first-order valence-electron chi connectivity index (χ1n) is 6.54. The van der Waals surface area contributed by atoms with Gasteiger partial charge in [-0.1, -0.05) is 12.1 Å². The van der Waals surface area contributed by atoms with Crippen molar-refractivity contribution in [2.45, 2.75) is 13.0 Å². The molecule has 0 heterocycles. The van der Waals surface area contributed by atoms with Crippen molar-refractivity contribution in [2.24, 2.45) is 0 Å². The maximum absolute atomic E-state index is 9.91. The third-order valence-corrected chi connectivity index (χ3v) is 3.24. The molecule has 0 saturated carbocycles. The fraction of sp³-hybridized carbons (Fsp3) is 0.250. The number of para-hydroxylation sites is 2. The Bertz CT molecular complexity index is 597. The third-order valence-electron chi connectivity index (χ3n) is 3.24. The van der Waals surface area contributed by atoms with Crippen LogP contribution in [0.3, 0.4) is 0 Å². The molecule has 0 saturated heterocycles. The molecule has 106 valence electrons. The topological polar surface area (TPSA) is 55.7 Å². The van der Waals surface area contributed by atoms with Crippen LogP contribution in [0.5, 0.6) is 11.5 Å². The molecule has 1 atom stereocenters. The summed E-state index contributed by atoms with van der Waals surface area (Å²) in [5.41, 5.74) is 2.83. The van der Waals surface area contributed by atoms with Crippen LogP contribution in [-0.4, -0.2) is 24.3 Å². The van der Waals surface area contributed by atoms with Gasteiger partial charge in [-0.15, -0.1) is 0 Å². The van der Waals surface area contributed by atoms with E-state index in [1.165, 1.54) is 6.07 Å². The molecule has 0 bridgehead atoms. The molecule has 0 aromatic heterocycles. The molecular formula is C16H20N2O2. The number of hydrogen-bond donors (Lipinski definition) is 3. The molecule has 4 nitrogen and oxygen atoms in total. The monoisotopic (exact) mass is 272 g/mol. The van der Waals surface area contributed by atoms with Gasteiger partial charge in [-0.2, -0.15) is 0 Å². The van der Waals surface area contributed by atoms with Gasteiger partial charge in [0.1, 0.15) is 11.5 Å². The second-order valence-corrected chi connectivity index (χ2v) is 5.02. The Labute approximate surface area is 119 Å². The van der Waals surface area contributed by atoms with Gasteiger partial charge in [0.25, 0.3) is 0 Å². The van der Waals surface area contributed by atoms with Crippen molar-refractivity contribution in [3.8, 4) is 11.5 Å². The molecule has 2 aromatic carbocycles. The first-order valence-corrected chi connectivity index (χ1v) is 6.54. The van der Waals surface area contributed by atoms with Crippen LogP contribution in [0.15, 0.2) is 42.5 Å². The summed E-state index contributed by atoms with van der Waals surface area (Å²) in [6.45, 7) is 1.97. The van der Waals surface area contributed by atoms with Crippen LogP contribution in [-0.2, 0) is 0 Å². The number of benzene rings is 2. The Morgan fingerprint density at radius 3 is 2.40 bits per heavy atom. The third kappa shape index (κ3) is 2.96. The van der Waals surface area contributed by atoms with Crippen LogP contribution in [0, 0.1) is 0 Å². The number of nitrogens with zero attached hydrogens (tertiary/aromatic N) is 1. The highest BCUT2D eigenvalue weighted by molar-refractivity contribution is 5.70. The summed E-state index contributed by atoms with van der Waals surface area (Å²) in [6.07, 6.45) is 0. The Kier molecular flexibility index (Phi) is 4.03. The van der Waals surface area contributed by atoms with E-state index in [4.69, 9.17) is 0 Å². The predicted octanol–water partition coefficient (Wildman–Crippen LogP) is 3.34. The first-order chi connectivity index (χ1) is 9.49. The van der Waals surface area contributed by atoms with Gasteiger partial charge in [0.15, 0.2) is 0 Å². The van der Waals surface area contributed by atoms with Crippen LogP contribution in [0.2, 0.25) is 0 Å². The van der Waals surface area contributed by atoms with Crippen LogP contribution >= 0.6 is 0 Å². The van der Waals surface area contributed by atoms with Crippen LogP contribution in [0.1, 0.15) is 18.5 Å². The molecular weight excluding hydrogens is 252 g/mol. The van der Waals surface area contributed by atoms with Gasteiger partial charge in [0, 0.05) is 25.7 Å². The molecule has 4 heteroatoms. The number of rotatable bonds is 4. The molecule has 0 aliphatic rings. The minimum atomic E-state index is -0.0725. The lowest BCUT2D eigenvalue weighted by molar-refractivity contribution is 0.444.